The van der Waals surface area contributed by atoms with E-state index < -0.39 is 0 Å². The van der Waals surface area contributed by atoms with Gasteiger partial charge in [-0.05, 0) is 30.5 Å². The zero-order chi connectivity index (χ0) is 11.5. The first kappa shape index (κ1) is 10.8. The highest BCUT2D eigenvalue weighted by atomic mass is 14.9. The second-order valence-corrected chi connectivity index (χ2v) is 4.34. The molecule has 0 unspecified atom stereocenters. The van der Waals surface area contributed by atoms with Gasteiger partial charge in [-0.1, -0.05) is 32.1 Å². The maximum Gasteiger partial charge on any atom is 0.125 e. The molecule has 0 fully saturated rings. The summed E-state index contributed by atoms with van der Waals surface area (Å²) in [5, 5.41) is 1.09. The largest absolute Gasteiger partial charge is 0.241 e. The predicted molar refractivity (Wildman–Crippen MR) is 68.1 cm³/mol. The summed E-state index contributed by atoms with van der Waals surface area (Å²) in [5.41, 5.74) is 2.21. The van der Waals surface area contributed by atoms with Crippen LogP contribution in [0.15, 0.2) is 30.5 Å². The highest BCUT2D eigenvalue weighted by molar-refractivity contribution is 5.80. The lowest BCUT2D eigenvalue weighted by atomic mass is 10.1. The Balaban J connectivity index is 2.41. The fourth-order valence-electron chi connectivity index (χ4n) is 1.55. The van der Waals surface area contributed by atoms with Gasteiger partial charge in [-0.2, -0.15) is 0 Å². The van der Waals surface area contributed by atoms with E-state index in [1.807, 2.05) is 19.2 Å². The van der Waals surface area contributed by atoms with Gasteiger partial charge in [0.2, 0.25) is 0 Å². The SMILES string of the molecule is Cc1ncc2cc(/C=C/C(C)C)ccc2n1. The smallest absolute Gasteiger partial charge is 0.125 e. The van der Waals surface area contributed by atoms with Crippen molar-refractivity contribution in [3.63, 3.8) is 0 Å². The molecule has 0 spiro atoms. The number of benzene rings is 1. The first-order valence-electron chi connectivity index (χ1n) is 5.57. The van der Waals surface area contributed by atoms with Gasteiger partial charge in [-0.3, -0.25) is 0 Å². The molecule has 82 valence electrons. The van der Waals surface area contributed by atoms with Crippen LogP contribution in [-0.2, 0) is 0 Å². The van der Waals surface area contributed by atoms with Crippen LogP contribution in [0.25, 0.3) is 17.0 Å². The van der Waals surface area contributed by atoms with E-state index >= 15 is 0 Å². The minimum absolute atomic E-state index is 0.574. The molecule has 2 heteroatoms. The molecule has 0 saturated heterocycles. The Morgan fingerprint density at radius 2 is 2.06 bits per heavy atom. The number of hydrogen-bond donors (Lipinski definition) is 0. The molecule has 0 aliphatic rings. The number of allylic oxidation sites excluding steroid dienone is 1. The van der Waals surface area contributed by atoms with Crippen LogP contribution in [0.5, 0.6) is 0 Å². The van der Waals surface area contributed by atoms with Crippen LogP contribution in [0.2, 0.25) is 0 Å². The van der Waals surface area contributed by atoms with E-state index in [9.17, 15) is 0 Å². The van der Waals surface area contributed by atoms with Crippen LogP contribution >= 0.6 is 0 Å². The molecular weight excluding hydrogens is 196 g/mol. The van der Waals surface area contributed by atoms with Crippen molar-refractivity contribution in [2.45, 2.75) is 20.8 Å². The van der Waals surface area contributed by atoms with Crippen molar-refractivity contribution < 1.29 is 0 Å². The number of hydrogen-bond acceptors (Lipinski definition) is 2. The van der Waals surface area contributed by atoms with Gasteiger partial charge in [-0.25, -0.2) is 9.97 Å². The zero-order valence-electron chi connectivity index (χ0n) is 9.94. The van der Waals surface area contributed by atoms with E-state index in [4.69, 9.17) is 0 Å². The van der Waals surface area contributed by atoms with Gasteiger partial charge in [0.1, 0.15) is 5.82 Å². The summed E-state index contributed by atoms with van der Waals surface area (Å²) in [4.78, 5) is 8.59. The van der Waals surface area contributed by atoms with E-state index in [0.717, 1.165) is 16.7 Å². The van der Waals surface area contributed by atoms with Crippen molar-refractivity contribution in [3.05, 3.63) is 41.9 Å². The highest BCUT2D eigenvalue weighted by Crippen LogP contribution is 2.15. The molecule has 1 aromatic heterocycles. The molecule has 0 N–H and O–H groups in total. The minimum Gasteiger partial charge on any atom is -0.241 e. The van der Waals surface area contributed by atoms with E-state index in [2.05, 4.69) is 48.1 Å². The molecule has 16 heavy (non-hydrogen) atoms. The normalized spacial score (nSPS) is 11.8. The van der Waals surface area contributed by atoms with Crippen LogP contribution in [0.4, 0.5) is 0 Å². The number of rotatable bonds is 2. The maximum absolute atomic E-state index is 4.38. The molecule has 0 bridgehead atoms. The Kier molecular flexibility index (Phi) is 3.00. The molecule has 2 aromatic rings. The molecule has 1 aromatic carbocycles. The standard InChI is InChI=1S/C14H16N2/c1-10(2)4-5-12-6-7-14-13(8-12)9-15-11(3)16-14/h4-10H,1-3H3/b5-4+. The third-order valence-electron chi connectivity index (χ3n) is 2.40. The number of nitrogens with zero attached hydrogens (tertiary/aromatic N) is 2. The van der Waals surface area contributed by atoms with Gasteiger partial charge in [0.15, 0.2) is 0 Å². The van der Waals surface area contributed by atoms with Crippen LogP contribution in [-0.4, -0.2) is 9.97 Å². The van der Waals surface area contributed by atoms with Gasteiger partial charge in [-0.15, -0.1) is 0 Å². The highest BCUT2D eigenvalue weighted by Gasteiger charge is 1.97. The fourth-order valence-corrected chi connectivity index (χ4v) is 1.55. The van der Waals surface area contributed by atoms with Crippen molar-refractivity contribution in [2.24, 2.45) is 5.92 Å². The van der Waals surface area contributed by atoms with E-state index in [1.54, 1.807) is 0 Å². The van der Waals surface area contributed by atoms with Gasteiger partial charge in [0, 0.05) is 11.6 Å². The summed E-state index contributed by atoms with van der Waals surface area (Å²) in [5.74, 6) is 1.39. The second kappa shape index (κ2) is 4.44. The lowest BCUT2D eigenvalue weighted by Gasteiger charge is -2.00. The Labute approximate surface area is 96.1 Å². The number of aryl methyl sites for hydroxylation is 1. The molecule has 1 heterocycles. The average molecular weight is 212 g/mol. The Hall–Kier alpha value is -1.70. The van der Waals surface area contributed by atoms with Crippen molar-refractivity contribution >= 4 is 17.0 Å². The van der Waals surface area contributed by atoms with Gasteiger partial charge in [0.05, 0.1) is 5.52 Å². The molecule has 2 nitrogen and oxygen atoms in total. The van der Waals surface area contributed by atoms with Crippen molar-refractivity contribution in [2.75, 3.05) is 0 Å². The molecule has 0 aliphatic heterocycles. The Morgan fingerprint density at radius 1 is 1.25 bits per heavy atom. The quantitative estimate of drug-likeness (QED) is 0.760. The number of fused-ring (bicyclic) bond motifs is 1. The van der Waals surface area contributed by atoms with E-state index in [0.29, 0.717) is 5.92 Å². The third kappa shape index (κ3) is 2.45. The summed E-state index contributed by atoms with van der Waals surface area (Å²) in [6.45, 7) is 6.25. The monoisotopic (exact) mass is 212 g/mol. The molecule has 2 rings (SSSR count). The van der Waals surface area contributed by atoms with Crippen molar-refractivity contribution in [3.8, 4) is 0 Å². The average Bonchev–Trinajstić information content (AvgIpc) is 2.26. The van der Waals surface area contributed by atoms with Crippen molar-refractivity contribution in [1.29, 1.82) is 0 Å². The molecule has 0 amide bonds. The first-order valence-corrected chi connectivity index (χ1v) is 5.57. The fraction of sp³-hybridized carbons (Fsp3) is 0.286. The molecule has 0 saturated carbocycles. The van der Waals surface area contributed by atoms with Crippen LogP contribution in [0, 0.1) is 12.8 Å². The maximum atomic E-state index is 4.38. The summed E-state index contributed by atoms with van der Waals surface area (Å²) in [6, 6.07) is 6.26. The lowest BCUT2D eigenvalue weighted by Crippen LogP contribution is -1.88. The molecule has 0 atom stereocenters. The summed E-state index contributed by atoms with van der Waals surface area (Å²) in [6.07, 6.45) is 6.21. The van der Waals surface area contributed by atoms with Crippen LogP contribution < -0.4 is 0 Å². The molecule has 0 aliphatic carbocycles. The van der Waals surface area contributed by atoms with Gasteiger partial charge < -0.3 is 0 Å². The van der Waals surface area contributed by atoms with Gasteiger partial charge >= 0.3 is 0 Å². The first-order chi connectivity index (χ1) is 7.65. The predicted octanol–water partition coefficient (Wildman–Crippen LogP) is 3.61. The van der Waals surface area contributed by atoms with E-state index in [-0.39, 0.29) is 0 Å². The van der Waals surface area contributed by atoms with E-state index in [1.165, 1.54) is 5.56 Å². The van der Waals surface area contributed by atoms with Crippen molar-refractivity contribution in [1.82, 2.24) is 9.97 Å². The second-order valence-electron chi connectivity index (χ2n) is 4.34. The topological polar surface area (TPSA) is 25.8 Å². The summed E-state index contributed by atoms with van der Waals surface area (Å²) < 4.78 is 0. The van der Waals surface area contributed by atoms with Gasteiger partial charge in [0.25, 0.3) is 0 Å². The van der Waals surface area contributed by atoms with Crippen LogP contribution in [0.1, 0.15) is 25.2 Å². The molecule has 0 radical (unpaired) electrons. The number of aromatic nitrogens is 2. The third-order valence-corrected chi connectivity index (χ3v) is 2.40. The van der Waals surface area contributed by atoms with Crippen LogP contribution in [0.3, 0.4) is 0 Å². The zero-order valence-corrected chi connectivity index (χ0v) is 9.94. The Bertz CT molecular complexity index is 527. The lowest BCUT2D eigenvalue weighted by molar-refractivity contribution is 0.836. The molecular formula is C14H16N2. The summed E-state index contributed by atoms with van der Waals surface area (Å²) >= 11 is 0. The summed E-state index contributed by atoms with van der Waals surface area (Å²) in [7, 11) is 0. The Morgan fingerprint density at radius 3 is 2.81 bits per heavy atom. The minimum atomic E-state index is 0.574.